The first kappa shape index (κ1) is 17.9. The summed E-state index contributed by atoms with van der Waals surface area (Å²) >= 11 is 11.7. The first-order chi connectivity index (χ1) is 11.4. The number of halogens is 2. The molecule has 0 atom stereocenters. The molecule has 126 valence electrons. The van der Waals surface area contributed by atoms with Crippen LogP contribution in [0.15, 0.2) is 36.4 Å². The molecule has 0 radical (unpaired) electrons. The van der Waals surface area contributed by atoms with Gasteiger partial charge in [-0.1, -0.05) is 23.2 Å². The average molecular weight is 370 g/mol. The monoisotopic (exact) mass is 369 g/mol. The maximum absolute atomic E-state index is 11.9. The quantitative estimate of drug-likeness (QED) is 0.787. The van der Waals surface area contributed by atoms with Crippen molar-refractivity contribution in [2.24, 2.45) is 0 Å². The first-order valence-corrected chi connectivity index (χ1v) is 7.45. The smallest absolute Gasteiger partial charge is 0.342 e. The summed E-state index contributed by atoms with van der Waals surface area (Å²) < 4.78 is 9.77. The van der Waals surface area contributed by atoms with Crippen LogP contribution in [0.1, 0.15) is 10.4 Å². The van der Waals surface area contributed by atoms with Crippen molar-refractivity contribution in [3.05, 3.63) is 52.0 Å². The summed E-state index contributed by atoms with van der Waals surface area (Å²) in [6, 6.07) is 8.67. The molecule has 2 aromatic carbocycles. The number of phenolic OH excluding ortho intramolecular Hbond substituents is 1. The maximum Gasteiger partial charge on any atom is 0.342 e. The van der Waals surface area contributed by atoms with Crippen molar-refractivity contribution in [1.82, 2.24) is 0 Å². The SMILES string of the molecule is COc1ccc(C(=O)OCC(=O)Nc2cc(Cl)ccc2Cl)c(O)c1. The predicted octanol–water partition coefficient (Wildman–Crippen LogP) is 3.50. The molecule has 0 unspecified atom stereocenters. The molecule has 0 heterocycles. The molecule has 0 saturated carbocycles. The fraction of sp³-hybridized carbons (Fsp3) is 0.125. The molecule has 6 nitrogen and oxygen atoms in total. The van der Waals surface area contributed by atoms with Gasteiger partial charge in [0.2, 0.25) is 0 Å². The van der Waals surface area contributed by atoms with E-state index in [-0.39, 0.29) is 11.3 Å². The van der Waals surface area contributed by atoms with Gasteiger partial charge in [-0.2, -0.15) is 0 Å². The molecule has 0 bridgehead atoms. The minimum Gasteiger partial charge on any atom is -0.507 e. The average Bonchev–Trinajstić information content (AvgIpc) is 2.55. The zero-order chi connectivity index (χ0) is 17.7. The minimum atomic E-state index is -0.845. The molecular formula is C16H13Cl2NO5. The number of aromatic hydroxyl groups is 1. The molecule has 2 aromatic rings. The Morgan fingerprint density at radius 3 is 2.58 bits per heavy atom. The van der Waals surface area contributed by atoms with E-state index in [1.807, 2.05) is 0 Å². The lowest BCUT2D eigenvalue weighted by Crippen LogP contribution is -2.21. The third kappa shape index (κ3) is 4.53. The number of methoxy groups -OCH3 is 1. The van der Waals surface area contributed by atoms with Crippen molar-refractivity contribution >= 4 is 40.8 Å². The number of anilines is 1. The number of hydrogen-bond acceptors (Lipinski definition) is 5. The van der Waals surface area contributed by atoms with Gasteiger partial charge in [-0.05, 0) is 30.3 Å². The number of hydrogen-bond donors (Lipinski definition) is 2. The second-order valence-electron chi connectivity index (χ2n) is 4.63. The van der Waals surface area contributed by atoms with Crippen LogP contribution < -0.4 is 10.1 Å². The van der Waals surface area contributed by atoms with Crippen LogP contribution in [-0.2, 0) is 9.53 Å². The number of ether oxygens (including phenoxy) is 2. The van der Waals surface area contributed by atoms with Crippen molar-refractivity contribution in [3.8, 4) is 11.5 Å². The standard InChI is InChI=1S/C16H13Cl2NO5/c1-23-10-3-4-11(14(20)7-10)16(22)24-8-15(21)19-13-6-9(17)2-5-12(13)18/h2-7,20H,8H2,1H3,(H,19,21). The van der Waals surface area contributed by atoms with E-state index in [0.717, 1.165) is 0 Å². The van der Waals surface area contributed by atoms with Gasteiger partial charge in [0.25, 0.3) is 5.91 Å². The predicted molar refractivity (Wildman–Crippen MR) is 90.0 cm³/mol. The molecule has 8 heteroatoms. The molecule has 0 fully saturated rings. The Balaban J connectivity index is 1.96. The molecule has 2 N–H and O–H groups in total. The van der Waals surface area contributed by atoms with Gasteiger partial charge in [0.1, 0.15) is 17.1 Å². The van der Waals surface area contributed by atoms with Gasteiger partial charge in [0.15, 0.2) is 6.61 Å². The van der Waals surface area contributed by atoms with Crippen molar-refractivity contribution in [2.45, 2.75) is 0 Å². The Bertz CT molecular complexity index is 779. The summed E-state index contributed by atoms with van der Waals surface area (Å²) in [6.45, 7) is -0.548. The Kier molecular flexibility index (Phi) is 5.89. The van der Waals surface area contributed by atoms with Gasteiger partial charge in [-0.15, -0.1) is 0 Å². The van der Waals surface area contributed by atoms with Crippen LogP contribution in [0.5, 0.6) is 11.5 Å². The molecule has 24 heavy (non-hydrogen) atoms. The summed E-state index contributed by atoms with van der Waals surface area (Å²) in [5.74, 6) is -1.36. The molecule has 0 saturated heterocycles. The highest BCUT2D eigenvalue weighted by molar-refractivity contribution is 6.35. The van der Waals surface area contributed by atoms with Crippen molar-refractivity contribution in [2.75, 3.05) is 19.0 Å². The first-order valence-electron chi connectivity index (χ1n) is 6.69. The van der Waals surface area contributed by atoms with Gasteiger partial charge in [0.05, 0.1) is 17.8 Å². The lowest BCUT2D eigenvalue weighted by atomic mass is 10.2. The van der Waals surface area contributed by atoms with E-state index >= 15 is 0 Å². The van der Waals surface area contributed by atoms with Gasteiger partial charge in [-0.25, -0.2) is 4.79 Å². The summed E-state index contributed by atoms with van der Waals surface area (Å²) in [5, 5.41) is 12.9. The summed E-state index contributed by atoms with van der Waals surface area (Å²) in [4.78, 5) is 23.7. The maximum atomic E-state index is 11.9. The number of amides is 1. The van der Waals surface area contributed by atoms with Crippen LogP contribution in [-0.4, -0.2) is 30.7 Å². The number of carbonyl (C=O) groups is 2. The Hall–Kier alpha value is -2.44. The van der Waals surface area contributed by atoms with Crippen LogP contribution in [0.2, 0.25) is 10.0 Å². The van der Waals surface area contributed by atoms with Crippen LogP contribution in [0.4, 0.5) is 5.69 Å². The number of nitrogens with one attached hydrogen (secondary N) is 1. The highest BCUT2D eigenvalue weighted by Crippen LogP contribution is 2.26. The van der Waals surface area contributed by atoms with E-state index in [4.69, 9.17) is 32.7 Å². The van der Waals surface area contributed by atoms with E-state index in [9.17, 15) is 14.7 Å². The molecule has 0 spiro atoms. The van der Waals surface area contributed by atoms with E-state index in [0.29, 0.717) is 21.5 Å². The van der Waals surface area contributed by atoms with Crippen LogP contribution in [0.25, 0.3) is 0 Å². The highest BCUT2D eigenvalue weighted by atomic mass is 35.5. The fourth-order valence-electron chi connectivity index (χ4n) is 1.80. The molecular weight excluding hydrogens is 357 g/mol. The van der Waals surface area contributed by atoms with Crippen LogP contribution in [0.3, 0.4) is 0 Å². The molecule has 0 aromatic heterocycles. The van der Waals surface area contributed by atoms with E-state index in [1.165, 1.54) is 37.4 Å². The third-order valence-electron chi connectivity index (χ3n) is 2.96. The highest BCUT2D eigenvalue weighted by Gasteiger charge is 2.15. The van der Waals surface area contributed by atoms with E-state index in [2.05, 4.69) is 5.32 Å². The summed E-state index contributed by atoms with van der Waals surface area (Å²) in [5.41, 5.74) is 0.224. The van der Waals surface area contributed by atoms with Crippen LogP contribution in [0, 0.1) is 0 Å². The lowest BCUT2D eigenvalue weighted by Gasteiger charge is -2.09. The van der Waals surface area contributed by atoms with Crippen molar-refractivity contribution < 1.29 is 24.2 Å². The molecule has 0 aliphatic heterocycles. The second kappa shape index (κ2) is 7.90. The summed E-state index contributed by atoms with van der Waals surface area (Å²) in [7, 11) is 1.43. The van der Waals surface area contributed by atoms with Crippen molar-refractivity contribution in [1.29, 1.82) is 0 Å². The number of esters is 1. The Morgan fingerprint density at radius 1 is 1.17 bits per heavy atom. The van der Waals surface area contributed by atoms with E-state index < -0.39 is 18.5 Å². The van der Waals surface area contributed by atoms with E-state index in [1.54, 1.807) is 6.07 Å². The number of carbonyl (C=O) groups excluding carboxylic acids is 2. The normalized spacial score (nSPS) is 10.1. The Labute approximate surface area is 147 Å². The van der Waals surface area contributed by atoms with Gasteiger partial charge in [-0.3, -0.25) is 4.79 Å². The number of benzene rings is 2. The van der Waals surface area contributed by atoms with Gasteiger partial charge >= 0.3 is 5.97 Å². The van der Waals surface area contributed by atoms with Gasteiger partial charge < -0.3 is 19.9 Å². The fourth-order valence-corrected chi connectivity index (χ4v) is 2.14. The number of rotatable bonds is 5. The van der Waals surface area contributed by atoms with Crippen LogP contribution >= 0.6 is 23.2 Å². The zero-order valence-electron chi connectivity index (χ0n) is 12.5. The molecule has 0 aliphatic carbocycles. The molecule has 0 aliphatic rings. The second-order valence-corrected chi connectivity index (χ2v) is 5.48. The largest absolute Gasteiger partial charge is 0.507 e. The van der Waals surface area contributed by atoms with Crippen molar-refractivity contribution in [3.63, 3.8) is 0 Å². The topological polar surface area (TPSA) is 84.9 Å². The number of phenols is 1. The lowest BCUT2D eigenvalue weighted by molar-refractivity contribution is -0.119. The summed E-state index contributed by atoms with van der Waals surface area (Å²) in [6.07, 6.45) is 0. The molecule has 1 amide bonds. The zero-order valence-corrected chi connectivity index (χ0v) is 14.0. The minimum absolute atomic E-state index is 0.0793. The van der Waals surface area contributed by atoms with Gasteiger partial charge in [0, 0.05) is 11.1 Å². The Morgan fingerprint density at radius 2 is 1.92 bits per heavy atom. The molecule has 2 rings (SSSR count). The third-order valence-corrected chi connectivity index (χ3v) is 3.53.